The Morgan fingerprint density at radius 3 is 2.38 bits per heavy atom. The average Bonchev–Trinajstić information content (AvgIpc) is 2.84. The lowest BCUT2D eigenvalue weighted by atomic mass is 9.93. The van der Waals surface area contributed by atoms with Gasteiger partial charge < -0.3 is 9.80 Å². The van der Waals surface area contributed by atoms with Gasteiger partial charge in [0.1, 0.15) is 0 Å². The van der Waals surface area contributed by atoms with Gasteiger partial charge in [0.15, 0.2) is 0 Å². The number of aromatic nitrogens is 1. The molecular formula is C28H42N4. The van der Waals surface area contributed by atoms with Crippen molar-refractivity contribution in [2.75, 3.05) is 45.8 Å². The maximum Gasteiger partial charge on any atom is 0.0312 e. The zero-order chi connectivity index (χ0) is 22.2. The first-order valence-corrected chi connectivity index (χ1v) is 12.8. The van der Waals surface area contributed by atoms with Crippen LogP contribution < -0.4 is 0 Å². The average molecular weight is 435 g/mol. The van der Waals surface area contributed by atoms with Gasteiger partial charge in [-0.25, -0.2) is 0 Å². The molecule has 0 spiro atoms. The van der Waals surface area contributed by atoms with Gasteiger partial charge in [0.05, 0.1) is 0 Å². The summed E-state index contributed by atoms with van der Waals surface area (Å²) in [6.45, 7) is 14.3. The minimum atomic E-state index is 0.768. The molecular weight excluding hydrogens is 392 g/mol. The molecule has 0 saturated carbocycles. The first-order valence-electron chi connectivity index (χ1n) is 12.8. The SMILES string of the molecule is CCN(CC1CCN(CCc2ccccc2C)CC1)C1CCN(Cc2cccnc2)CC1. The molecule has 0 unspecified atom stereocenters. The van der Waals surface area contributed by atoms with Crippen molar-refractivity contribution in [3.63, 3.8) is 0 Å². The fraction of sp³-hybridized carbons (Fsp3) is 0.607. The Hall–Kier alpha value is -1.75. The molecule has 0 radical (unpaired) electrons. The number of pyridine rings is 1. The van der Waals surface area contributed by atoms with Gasteiger partial charge in [-0.2, -0.15) is 0 Å². The van der Waals surface area contributed by atoms with Crippen molar-refractivity contribution in [2.24, 2.45) is 5.92 Å². The number of likely N-dealkylation sites (tertiary alicyclic amines) is 2. The van der Waals surface area contributed by atoms with Crippen molar-refractivity contribution in [1.82, 2.24) is 19.7 Å². The molecule has 174 valence electrons. The van der Waals surface area contributed by atoms with Crippen LogP contribution in [0.1, 0.15) is 49.3 Å². The zero-order valence-corrected chi connectivity index (χ0v) is 20.3. The summed E-state index contributed by atoms with van der Waals surface area (Å²) in [5.74, 6) is 0.873. The Morgan fingerprint density at radius 2 is 1.69 bits per heavy atom. The summed E-state index contributed by atoms with van der Waals surface area (Å²) in [4.78, 5) is 12.4. The molecule has 0 atom stereocenters. The van der Waals surface area contributed by atoms with E-state index in [0.717, 1.165) is 18.5 Å². The third-order valence-electron chi connectivity index (χ3n) is 7.77. The molecule has 2 aliphatic rings. The molecule has 2 fully saturated rings. The standard InChI is InChI=1S/C28H42N4/c1-3-32(28-13-19-31(20-14-28)22-26-8-6-15-29-21-26)23-25-10-16-30(17-11-25)18-12-27-9-5-4-7-24(27)2/h4-9,15,21,25,28H,3,10-14,16-20,22-23H2,1-2H3. The van der Waals surface area contributed by atoms with Gasteiger partial charge in [0.2, 0.25) is 0 Å². The fourth-order valence-corrected chi connectivity index (χ4v) is 5.62. The van der Waals surface area contributed by atoms with Crippen molar-refractivity contribution in [1.29, 1.82) is 0 Å². The Bertz CT molecular complexity index is 792. The van der Waals surface area contributed by atoms with E-state index in [9.17, 15) is 0 Å². The van der Waals surface area contributed by atoms with Crippen LogP contribution in [0.3, 0.4) is 0 Å². The van der Waals surface area contributed by atoms with Gasteiger partial charge >= 0.3 is 0 Å². The van der Waals surface area contributed by atoms with E-state index in [1.165, 1.54) is 94.6 Å². The topological polar surface area (TPSA) is 22.6 Å². The van der Waals surface area contributed by atoms with E-state index >= 15 is 0 Å². The van der Waals surface area contributed by atoms with Crippen LogP contribution in [0.15, 0.2) is 48.8 Å². The highest BCUT2D eigenvalue weighted by Gasteiger charge is 2.27. The largest absolute Gasteiger partial charge is 0.303 e. The number of benzene rings is 1. The lowest BCUT2D eigenvalue weighted by molar-refractivity contribution is 0.0787. The highest BCUT2D eigenvalue weighted by molar-refractivity contribution is 5.25. The van der Waals surface area contributed by atoms with Gasteiger partial charge in [-0.05, 0) is 100 Å². The first kappa shape index (κ1) is 23.4. The third kappa shape index (κ3) is 6.63. The number of aryl methyl sites for hydroxylation is 1. The van der Waals surface area contributed by atoms with E-state index in [0.29, 0.717) is 0 Å². The summed E-state index contributed by atoms with van der Waals surface area (Å²) in [5, 5.41) is 0. The summed E-state index contributed by atoms with van der Waals surface area (Å²) in [7, 11) is 0. The number of nitrogens with zero attached hydrogens (tertiary/aromatic N) is 4. The molecule has 3 heterocycles. The van der Waals surface area contributed by atoms with Crippen molar-refractivity contribution in [3.05, 3.63) is 65.5 Å². The second-order valence-electron chi connectivity index (χ2n) is 9.92. The Kier molecular flexibility index (Phi) is 8.72. The van der Waals surface area contributed by atoms with E-state index in [1.807, 2.05) is 12.4 Å². The molecule has 4 nitrogen and oxygen atoms in total. The van der Waals surface area contributed by atoms with E-state index in [4.69, 9.17) is 0 Å². The van der Waals surface area contributed by atoms with Crippen LogP contribution in [0, 0.1) is 12.8 Å². The molecule has 0 bridgehead atoms. The molecule has 1 aromatic carbocycles. The molecule has 2 aliphatic heterocycles. The number of piperidine rings is 2. The monoisotopic (exact) mass is 434 g/mol. The van der Waals surface area contributed by atoms with Gasteiger partial charge in [0.25, 0.3) is 0 Å². The molecule has 2 aromatic rings. The summed E-state index contributed by atoms with van der Waals surface area (Å²) in [5.41, 5.74) is 4.29. The quantitative estimate of drug-likeness (QED) is 0.574. The zero-order valence-electron chi connectivity index (χ0n) is 20.3. The molecule has 0 N–H and O–H groups in total. The number of hydrogen-bond acceptors (Lipinski definition) is 4. The van der Waals surface area contributed by atoms with E-state index < -0.39 is 0 Å². The van der Waals surface area contributed by atoms with E-state index in [1.54, 1.807) is 0 Å². The summed E-state index contributed by atoms with van der Waals surface area (Å²) in [6.07, 6.45) is 10.4. The van der Waals surface area contributed by atoms with Crippen molar-refractivity contribution >= 4 is 0 Å². The van der Waals surface area contributed by atoms with Crippen molar-refractivity contribution in [2.45, 2.75) is 58.5 Å². The first-order chi connectivity index (χ1) is 15.7. The lowest BCUT2D eigenvalue weighted by Gasteiger charge is -2.41. The molecule has 4 heteroatoms. The molecule has 32 heavy (non-hydrogen) atoms. The molecule has 0 amide bonds. The van der Waals surface area contributed by atoms with Gasteiger partial charge in [-0.15, -0.1) is 0 Å². The van der Waals surface area contributed by atoms with Crippen LogP contribution in [-0.4, -0.2) is 71.5 Å². The number of hydrogen-bond donors (Lipinski definition) is 0. The maximum absolute atomic E-state index is 4.27. The van der Waals surface area contributed by atoms with E-state index in [2.05, 4.69) is 69.9 Å². The van der Waals surface area contributed by atoms with Crippen LogP contribution in [0.5, 0.6) is 0 Å². The summed E-state index contributed by atoms with van der Waals surface area (Å²) in [6, 6.07) is 13.9. The van der Waals surface area contributed by atoms with Gasteiger partial charge in [-0.1, -0.05) is 37.3 Å². The Labute approximate surface area is 195 Å². The minimum absolute atomic E-state index is 0.768. The maximum atomic E-state index is 4.27. The van der Waals surface area contributed by atoms with Crippen LogP contribution >= 0.6 is 0 Å². The highest BCUT2D eigenvalue weighted by atomic mass is 15.2. The van der Waals surface area contributed by atoms with Crippen LogP contribution in [0.4, 0.5) is 0 Å². The highest BCUT2D eigenvalue weighted by Crippen LogP contribution is 2.24. The van der Waals surface area contributed by atoms with Crippen molar-refractivity contribution < 1.29 is 0 Å². The minimum Gasteiger partial charge on any atom is -0.303 e. The van der Waals surface area contributed by atoms with Crippen LogP contribution in [-0.2, 0) is 13.0 Å². The second kappa shape index (κ2) is 11.9. The second-order valence-corrected chi connectivity index (χ2v) is 9.92. The molecule has 2 saturated heterocycles. The number of rotatable bonds is 9. The lowest BCUT2D eigenvalue weighted by Crippen LogP contribution is -2.47. The molecule has 0 aliphatic carbocycles. The van der Waals surface area contributed by atoms with Crippen LogP contribution in [0.2, 0.25) is 0 Å². The Morgan fingerprint density at radius 1 is 0.938 bits per heavy atom. The fourth-order valence-electron chi connectivity index (χ4n) is 5.62. The predicted molar refractivity (Wildman–Crippen MR) is 134 cm³/mol. The Balaban J connectivity index is 1.17. The predicted octanol–water partition coefficient (Wildman–Crippen LogP) is 4.63. The third-order valence-corrected chi connectivity index (χ3v) is 7.77. The van der Waals surface area contributed by atoms with Crippen LogP contribution in [0.25, 0.3) is 0 Å². The van der Waals surface area contributed by atoms with Gasteiger partial charge in [-0.3, -0.25) is 9.88 Å². The van der Waals surface area contributed by atoms with E-state index in [-0.39, 0.29) is 0 Å². The van der Waals surface area contributed by atoms with Gasteiger partial charge in [0, 0.05) is 38.1 Å². The molecule has 1 aromatic heterocycles. The summed E-state index contributed by atoms with van der Waals surface area (Å²) >= 11 is 0. The van der Waals surface area contributed by atoms with Crippen molar-refractivity contribution in [3.8, 4) is 0 Å². The smallest absolute Gasteiger partial charge is 0.0312 e. The normalized spacial score (nSPS) is 19.6. The summed E-state index contributed by atoms with van der Waals surface area (Å²) < 4.78 is 0. The molecule has 4 rings (SSSR count).